The van der Waals surface area contributed by atoms with Gasteiger partial charge >= 0.3 is 11.9 Å². The van der Waals surface area contributed by atoms with E-state index in [1.165, 1.54) is 205 Å². The van der Waals surface area contributed by atoms with E-state index in [-0.39, 0.29) is 18.0 Å². The number of carbonyl (C=O) groups is 2. The van der Waals surface area contributed by atoms with E-state index >= 15 is 0 Å². The highest BCUT2D eigenvalue weighted by Crippen LogP contribution is 2.49. The van der Waals surface area contributed by atoms with Crippen LogP contribution < -0.4 is 0 Å². The second-order valence-corrected chi connectivity index (χ2v) is 17.3. The monoisotopic (exact) mass is 747 g/mol. The molecule has 2 aliphatic rings. The zero-order chi connectivity index (χ0) is 37.9. The molecule has 2 aliphatic heterocycles. The van der Waals surface area contributed by atoms with Gasteiger partial charge in [0.05, 0.1) is 25.2 Å². The maximum Gasteiger partial charge on any atom is 0.339 e. The predicted molar refractivity (Wildman–Crippen MR) is 224 cm³/mol. The van der Waals surface area contributed by atoms with Gasteiger partial charge in [0.2, 0.25) is 0 Å². The molecule has 0 aromatic carbocycles. The summed E-state index contributed by atoms with van der Waals surface area (Å²) in [5, 5.41) is 0. The van der Waals surface area contributed by atoms with Crippen LogP contribution >= 0.6 is 0 Å². The maximum absolute atomic E-state index is 13.2. The molecule has 5 heteroatoms. The Hall–Kier alpha value is -1.10. The van der Waals surface area contributed by atoms with Crippen molar-refractivity contribution in [2.75, 3.05) is 13.2 Å². The zero-order valence-corrected chi connectivity index (χ0v) is 35.7. The van der Waals surface area contributed by atoms with Crippen molar-refractivity contribution in [2.45, 2.75) is 276 Å². The highest BCUT2D eigenvalue weighted by Gasteiger charge is 2.62. The van der Waals surface area contributed by atoms with Crippen LogP contribution in [0.5, 0.6) is 0 Å². The number of rotatable bonds is 40. The van der Waals surface area contributed by atoms with Crippen molar-refractivity contribution in [1.29, 1.82) is 0 Å². The molecule has 0 amide bonds. The molecule has 0 aliphatic carbocycles. The maximum atomic E-state index is 13.2. The second kappa shape index (κ2) is 34.2. The van der Waals surface area contributed by atoms with E-state index in [4.69, 9.17) is 14.2 Å². The normalized spacial score (nSPS) is 19.3. The third-order valence-electron chi connectivity index (χ3n) is 12.4. The first-order chi connectivity index (χ1) is 26.1. The Morgan fingerprint density at radius 3 is 1.08 bits per heavy atom. The Balaban J connectivity index is 1.37. The minimum absolute atomic E-state index is 0.0182. The zero-order valence-electron chi connectivity index (χ0n) is 35.7. The van der Waals surface area contributed by atoms with E-state index in [1.807, 2.05) is 0 Å². The van der Waals surface area contributed by atoms with Crippen molar-refractivity contribution in [3.05, 3.63) is 0 Å². The number of fused-ring (bicyclic) bond motifs is 2. The smallest absolute Gasteiger partial charge is 0.339 e. The average Bonchev–Trinajstić information content (AvgIpc) is 3.77. The molecular weight excluding hydrogens is 657 g/mol. The number of hydrogen-bond donors (Lipinski definition) is 0. The summed E-state index contributed by atoms with van der Waals surface area (Å²) < 4.78 is 17.5. The summed E-state index contributed by atoms with van der Waals surface area (Å²) in [6, 6.07) is 0. The quantitative estimate of drug-likeness (QED) is 0.0461. The van der Waals surface area contributed by atoms with Gasteiger partial charge in [-0.15, -0.1) is 0 Å². The first-order valence-electron chi connectivity index (χ1n) is 24.2. The van der Waals surface area contributed by atoms with Gasteiger partial charge in [0, 0.05) is 0 Å². The van der Waals surface area contributed by atoms with Crippen molar-refractivity contribution in [3.63, 3.8) is 0 Å². The number of esters is 2. The lowest BCUT2D eigenvalue weighted by Crippen LogP contribution is -2.47. The summed E-state index contributed by atoms with van der Waals surface area (Å²) in [6.45, 7) is 5.45. The second-order valence-electron chi connectivity index (χ2n) is 17.3. The van der Waals surface area contributed by atoms with E-state index < -0.39 is 11.5 Å². The molecule has 0 radical (unpaired) electrons. The fraction of sp³-hybridized carbons (Fsp3) is 0.958. The molecule has 2 heterocycles. The van der Waals surface area contributed by atoms with Gasteiger partial charge < -0.3 is 14.2 Å². The Morgan fingerprint density at radius 1 is 0.453 bits per heavy atom. The molecule has 0 spiro atoms. The van der Waals surface area contributed by atoms with Crippen LogP contribution in [0, 0.1) is 5.92 Å². The first kappa shape index (κ1) is 48.0. The van der Waals surface area contributed by atoms with Crippen LogP contribution in [0.4, 0.5) is 0 Å². The molecular formula is C48H90O5. The molecule has 3 unspecified atom stereocenters. The topological polar surface area (TPSA) is 61.8 Å². The lowest BCUT2D eigenvalue weighted by molar-refractivity contribution is -0.176. The summed E-state index contributed by atoms with van der Waals surface area (Å²) in [7, 11) is 0. The Labute approximate surface area is 330 Å². The Morgan fingerprint density at radius 2 is 0.755 bits per heavy atom. The predicted octanol–water partition coefficient (Wildman–Crippen LogP) is 15.1. The summed E-state index contributed by atoms with van der Waals surface area (Å²) >= 11 is 0. The Kier molecular flexibility index (Phi) is 31.0. The minimum atomic E-state index is -1.11. The van der Waals surface area contributed by atoms with Gasteiger partial charge in [0.15, 0.2) is 5.60 Å². The van der Waals surface area contributed by atoms with Crippen LogP contribution in [0.15, 0.2) is 0 Å². The van der Waals surface area contributed by atoms with Gasteiger partial charge in [-0.3, -0.25) is 4.79 Å². The van der Waals surface area contributed by atoms with Gasteiger partial charge in [0.25, 0.3) is 0 Å². The summed E-state index contributed by atoms with van der Waals surface area (Å²) in [6.07, 6.45) is 50.2. The van der Waals surface area contributed by atoms with Gasteiger partial charge in [-0.05, 0) is 32.1 Å². The number of hydrogen-bond acceptors (Lipinski definition) is 5. The molecule has 2 bridgehead atoms. The summed E-state index contributed by atoms with van der Waals surface area (Å²) in [5.41, 5.74) is -1.11. The third kappa shape index (κ3) is 23.5. The largest absolute Gasteiger partial charge is 0.465 e. The van der Waals surface area contributed by atoms with Gasteiger partial charge in [-0.1, -0.05) is 232 Å². The van der Waals surface area contributed by atoms with Crippen molar-refractivity contribution in [1.82, 2.24) is 0 Å². The number of unbranched alkanes of at least 4 members (excludes halogenated alkanes) is 34. The van der Waals surface area contributed by atoms with E-state index in [0.29, 0.717) is 26.1 Å². The first-order valence-corrected chi connectivity index (χ1v) is 24.2. The van der Waals surface area contributed by atoms with E-state index in [2.05, 4.69) is 13.8 Å². The Bertz CT molecular complexity index is 844. The van der Waals surface area contributed by atoms with Gasteiger partial charge in [-0.25, -0.2) is 4.79 Å². The summed E-state index contributed by atoms with van der Waals surface area (Å²) in [5.74, 6) is -1.10. The molecule has 0 aromatic heterocycles. The van der Waals surface area contributed by atoms with Crippen molar-refractivity contribution < 1.29 is 23.8 Å². The molecule has 2 rings (SSSR count). The van der Waals surface area contributed by atoms with Crippen LogP contribution in [0.1, 0.15) is 264 Å². The van der Waals surface area contributed by atoms with Gasteiger partial charge in [-0.2, -0.15) is 0 Å². The number of ether oxygens (including phenoxy) is 3. The lowest BCUT2D eigenvalue weighted by Gasteiger charge is -2.29. The fourth-order valence-electron chi connectivity index (χ4n) is 8.81. The molecule has 0 N–H and O–H groups in total. The van der Waals surface area contributed by atoms with Crippen molar-refractivity contribution in [2.24, 2.45) is 5.92 Å². The number of carbonyl (C=O) groups excluding carboxylic acids is 2. The molecule has 5 nitrogen and oxygen atoms in total. The van der Waals surface area contributed by atoms with Gasteiger partial charge in [0.1, 0.15) is 0 Å². The molecule has 2 saturated heterocycles. The fourth-order valence-corrected chi connectivity index (χ4v) is 8.81. The van der Waals surface area contributed by atoms with Crippen molar-refractivity contribution >= 4 is 11.9 Å². The average molecular weight is 747 g/mol. The van der Waals surface area contributed by atoms with Crippen LogP contribution in [-0.2, 0) is 23.8 Å². The SMILES string of the molecule is CCCCCCCCCCCCCCCCCCCCOC(=O)C1CC2CCC1(C(=O)OCCCCCCCCCCCCCCCCCCCC)O2. The molecule has 53 heavy (non-hydrogen) atoms. The van der Waals surface area contributed by atoms with E-state index in [0.717, 1.165) is 32.1 Å². The molecule has 0 saturated carbocycles. The molecule has 0 aromatic rings. The highest BCUT2D eigenvalue weighted by molar-refractivity contribution is 5.89. The lowest BCUT2D eigenvalue weighted by atomic mass is 9.78. The van der Waals surface area contributed by atoms with Crippen LogP contribution in [0.2, 0.25) is 0 Å². The van der Waals surface area contributed by atoms with Crippen LogP contribution in [0.3, 0.4) is 0 Å². The van der Waals surface area contributed by atoms with Crippen LogP contribution in [0.25, 0.3) is 0 Å². The summed E-state index contributed by atoms with van der Waals surface area (Å²) in [4.78, 5) is 26.3. The van der Waals surface area contributed by atoms with Crippen molar-refractivity contribution in [3.8, 4) is 0 Å². The standard InChI is InChI=1S/C48H90O5/c1-3-5-7-9-11-13-15-17-19-21-23-25-27-29-31-33-35-37-41-51-46(49)45-43-44-39-40-48(45,53-44)47(50)52-42-38-36-34-32-30-28-26-24-22-20-18-16-14-12-10-8-6-4-2/h44-45H,3-43H2,1-2H3. The highest BCUT2D eigenvalue weighted by atomic mass is 16.6. The van der Waals surface area contributed by atoms with E-state index in [9.17, 15) is 9.59 Å². The molecule has 2 fully saturated rings. The molecule has 312 valence electrons. The van der Waals surface area contributed by atoms with Crippen LogP contribution in [-0.4, -0.2) is 36.9 Å². The van der Waals surface area contributed by atoms with E-state index in [1.54, 1.807) is 0 Å². The molecule has 3 atom stereocenters. The minimum Gasteiger partial charge on any atom is -0.465 e. The third-order valence-corrected chi connectivity index (χ3v) is 12.4.